The number of hydrogen-bond acceptors (Lipinski definition) is 5. The van der Waals surface area contributed by atoms with Crippen LogP contribution in [0.1, 0.15) is 23.7 Å². The van der Waals surface area contributed by atoms with Gasteiger partial charge in [0.05, 0.1) is 16.9 Å². The summed E-state index contributed by atoms with van der Waals surface area (Å²) in [5.41, 5.74) is 0.160. The molecule has 3 aromatic rings. The normalized spacial score (nSPS) is 11.5. The maximum Gasteiger partial charge on any atom is 0.416 e. The highest BCUT2D eigenvalue weighted by atomic mass is 35.5. The first-order valence-corrected chi connectivity index (χ1v) is 10.4. The van der Waals surface area contributed by atoms with Crippen molar-refractivity contribution in [2.45, 2.75) is 19.7 Å². The second-order valence-electron chi connectivity index (χ2n) is 6.49. The topological polar surface area (TPSA) is 59.5 Å². The van der Waals surface area contributed by atoms with Crippen molar-refractivity contribution in [3.63, 3.8) is 0 Å². The van der Waals surface area contributed by atoms with Crippen LogP contribution in [0, 0.1) is 0 Å². The van der Waals surface area contributed by atoms with Crippen LogP contribution in [-0.2, 0) is 27.1 Å². The molecule has 0 spiro atoms. The molecule has 0 atom stereocenters. The number of hydrogen-bond donors (Lipinski definition) is 0. The molecule has 0 aliphatic rings. The van der Waals surface area contributed by atoms with E-state index < -0.39 is 23.6 Å². The molecule has 0 aliphatic carbocycles. The van der Waals surface area contributed by atoms with Gasteiger partial charge in [-0.3, -0.25) is 9.69 Å². The first kappa shape index (κ1) is 23.5. The number of ether oxygens (including phenoxy) is 1. The second-order valence-corrected chi connectivity index (χ2v) is 7.73. The van der Waals surface area contributed by atoms with Gasteiger partial charge in [-0.05, 0) is 35.9 Å². The van der Waals surface area contributed by atoms with Crippen molar-refractivity contribution in [3.8, 4) is 0 Å². The third-order valence-electron chi connectivity index (χ3n) is 4.14. The molecule has 32 heavy (non-hydrogen) atoms. The Kier molecular flexibility index (Phi) is 7.32. The van der Waals surface area contributed by atoms with Crippen LogP contribution in [0.2, 0.25) is 5.02 Å². The molecule has 0 saturated carbocycles. The van der Waals surface area contributed by atoms with E-state index in [2.05, 4.69) is 4.98 Å². The summed E-state index contributed by atoms with van der Waals surface area (Å²) in [5, 5.41) is 2.21. The average molecular weight is 481 g/mol. The summed E-state index contributed by atoms with van der Waals surface area (Å²) >= 11 is 7.06. The molecule has 166 valence electrons. The maximum absolute atomic E-state index is 13.0. The predicted octanol–water partition coefficient (Wildman–Crippen LogP) is 6.26. The fourth-order valence-electron chi connectivity index (χ4n) is 2.67. The Morgan fingerprint density at radius 2 is 1.94 bits per heavy atom. The van der Waals surface area contributed by atoms with Crippen molar-refractivity contribution in [1.82, 2.24) is 4.98 Å². The predicted molar refractivity (Wildman–Crippen MR) is 117 cm³/mol. The molecule has 1 aromatic heterocycles. The number of alkyl halides is 3. The van der Waals surface area contributed by atoms with Crippen molar-refractivity contribution >= 4 is 51.7 Å². The standard InChI is InChI=1S/C22H16ClF3N2O3S/c1-14(29)28(18-7-4-6-16(11-18)22(24,25)26)21-27-17(13-32-21)12-31-20(30)10-9-15-5-2-3-8-19(15)23/h2-11,13H,12H2,1H3/b10-9+. The van der Waals surface area contributed by atoms with Crippen molar-refractivity contribution in [2.75, 3.05) is 4.90 Å². The number of esters is 1. The molecule has 3 rings (SSSR count). The Morgan fingerprint density at radius 3 is 2.62 bits per heavy atom. The zero-order chi connectivity index (χ0) is 23.3. The molecule has 0 aliphatic heterocycles. The van der Waals surface area contributed by atoms with Crippen LogP contribution < -0.4 is 4.90 Å². The summed E-state index contributed by atoms with van der Waals surface area (Å²) in [6, 6.07) is 11.4. The number of nitrogens with zero attached hydrogens (tertiary/aromatic N) is 2. The van der Waals surface area contributed by atoms with Crippen LogP contribution in [0.25, 0.3) is 6.08 Å². The highest BCUT2D eigenvalue weighted by Crippen LogP contribution is 2.35. The lowest BCUT2D eigenvalue weighted by atomic mass is 10.2. The quantitative estimate of drug-likeness (QED) is 0.309. The third-order valence-corrected chi connectivity index (χ3v) is 5.36. The van der Waals surface area contributed by atoms with Gasteiger partial charge in [0.1, 0.15) is 6.61 Å². The highest BCUT2D eigenvalue weighted by Gasteiger charge is 2.31. The Morgan fingerprint density at radius 1 is 1.19 bits per heavy atom. The van der Waals surface area contributed by atoms with Gasteiger partial charge < -0.3 is 4.74 Å². The monoisotopic (exact) mass is 480 g/mol. The van der Waals surface area contributed by atoms with Gasteiger partial charge >= 0.3 is 12.1 Å². The molecule has 10 heteroatoms. The Balaban J connectivity index is 1.70. The largest absolute Gasteiger partial charge is 0.456 e. The summed E-state index contributed by atoms with van der Waals surface area (Å²) in [5.74, 6) is -1.13. The first-order valence-electron chi connectivity index (χ1n) is 9.17. The molecule has 0 bridgehead atoms. The minimum atomic E-state index is -4.54. The maximum atomic E-state index is 13.0. The van der Waals surface area contributed by atoms with E-state index in [9.17, 15) is 22.8 Å². The van der Waals surface area contributed by atoms with E-state index in [-0.39, 0.29) is 17.4 Å². The number of aromatic nitrogens is 1. The first-order chi connectivity index (χ1) is 15.1. The van der Waals surface area contributed by atoms with Crippen molar-refractivity contribution in [3.05, 3.63) is 81.8 Å². The van der Waals surface area contributed by atoms with E-state index in [4.69, 9.17) is 16.3 Å². The Bertz CT molecular complexity index is 1160. The number of anilines is 2. The van der Waals surface area contributed by atoms with Crippen LogP contribution in [0.3, 0.4) is 0 Å². The lowest BCUT2D eigenvalue weighted by Gasteiger charge is -2.19. The minimum Gasteiger partial charge on any atom is -0.456 e. The average Bonchev–Trinajstić information content (AvgIpc) is 3.19. The summed E-state index contributed by atoms with van der Waals surface area (Å²) in [7, 11) is 0. The van der Waals surface area contributed by atoms with Gasteiger partial charge in [0.25, 0.3) is 0 Å². The molecule has 0 saturated heterocycles. The van der Waals surface area contributed by atoms with Gasteiger partial charge in [0, 0.05) is 23.4 Å². The third kappa shape index (κ3) is 5.95. The molecule has 5 nitrogen and oxygen atoms in total. The molecule has 1 amide bonds. The number of benzene rings is 2. The number of amides is 1. The van der Waals surface area contributed by atoms with E-state index in [1.807, 2.05) is 0 Å². The number of carbonyl (C=O) groups excluding carboxylic acids is 2. The second kappa shape index (κ2) is 9.97. The lowest BCUT2D eigenvalue weighted by Crippen LogP contribution is -2.23. The summed E-state index contributed by atoms with van der Waals surface area (Å²) in [6.07, 6.45) is -1.81. The molecule has 0 unspecified atom stereocenters. The van der Waals surface area contributed by atoms with Gasteiger partial charge in [-0.15, -0.1) is 11.3 Å². The number of thiazole rings is 1. The molecule has 1 heterocycles. The highest BCUT2D eigenvalue weighted by molar-refractivity contribution is 7.14. The Labute approximate surface area is 190 Å². The SMILES string of the molecule is CC(=O)N(c1cccc(C(F)(F)F)c1)c1nc(COC(=O)/C=C/c2ccccc2Cl)cs1. The molecule has 0 N–H and O–H groups in total. The van der Waals surface area contributed by atoms with Crippen molar-refractivity contribution in [1.29, 1.82) is 0 Å². The van der Waals surface area contributed by atoms with Gasteiger partial charge in [-0.25, -0.2) is 9.78 Å². The van der Waals surface area contributed by atoms with Crippen LogP contribution in [0.4, 0.5) is 24.0 Å². The van der Waals surface area contributed by atoms with Crippen LogP contribution >= 0.6 is 22.9 Å². The van der Waals surface area contributed by atoms with Gasteiger partial charge in [0.15, 0.2) is 5.13 Å². The van der Waals surface area contributed by atoms with Crippen LogP contribution in [-0.4, -0.2) is 16.9 Å². The molecular weight excluding hydrogens is 465 g/mol. The van der Waals surface area contributed by atoms with Crippen LogP contribution in [0.5, 0.6) is 0 Å². The van der Waals surface area contributed by atoms with E-state index in [1.165, 1.54) is 31.2 Å². The summed E-state index contributed by atoms with van der Waals surface area (Å²) in [6.45, 7) is 1.05. The van der Waals surface area contributed by atoms with Crippen molar-refractivity contribution in [2.24, 2.45) is 0 Å². The van der Waals surface area contributed by atoms with Crippen LogP contribution in [0.15, 0.2) is 60.0 Å². The molecule has 2 aromatic carbocycles. The fourth-order valence-corrected chi connectivity index (χ4v) is 3.75. The van der Waals surface area contributed by atoms with E-state index in [0.717, 1.165) is 28.4 Å². The number of rotatable bonds is 6. The molecule has 0 fully saturated rings. The van der Waals surface area contributed by atoms with Gasteiger partial charge in [0.2, 0.25) is 5.91 Å². The number of carbonyl (C=O) groups is 2. The smallest absolute Gasteiger partial charge is 0.416 e. The van der Waals surface area contributed by atoms with Gasteiger partial charge in [-0.2, -0.15) is 13.2 Å². The summed E-state index contributed by atoms with van der Waals surface area (Å²) < 4.78 is 44.2. The zero-order valence-electron chi connectivity index (χ0n) is 16.6. The Hall–Kier alpha value is -3.17. The van der Waals surface area contributed by atoms with E-state index >= 15 is 0 Å². The number of halogens is 4. The molecule has 0 radical (unpaired) electrons. The minimum absolute atomic E-state index is 0.0351. The lowest BCUT2D eigenvalue weighted by molar-refractivity contribution is -0.139. The molecular formula is C22H16ClF3N2O3S. The van der Waals surface area contributed by atoms with Crippen molar-refractivity contribution < 1.29 is 27.5 Å². The van der Waals surface area contributed by atoms with E-state index in [0.29, 0.717) is 16.3 Å². The fraction of sp³-hybridized carbons (Fsp3) is 0.136. The van der Waals surface area contributed by atoms with Gasteiger partial charge in [-0.1, -0.05) is 35.9 Å². The summed E-state index contributed by atoms with van der Waals surface area (Å²) in [4.78, 5) is 29.4. The van der Waals surface area contributed by atoms with E-state index in [1.54, 1.807) is 29.6 Å². The zero-order valence-corrected chi connectivity index (χ0v) is 18.2.